The van der Waals surface area contributed by atoms with Gasteiger partial charge in [0.25, 0.3) is 0 Å². The van der Waals surface area contributed by atoms with Gasteiger partial charge in [-0.25, -0.2) is 4.39 Å². The Labute approximate surface area is 107 Å². The number of halogens is 1. The number of nitriles is 1. The van der Waals surface area contributed by atoms with Gasteiger partial charge in [0.2, 0.25) is 0 Å². The molecule has 0 N–H and O–H groups in total. The lowest BCUT2D eigenvalue weighted by Gasteiger charge is -2.15. The third kappa shape index (κ3) is 2.75. The third-order valence-corrected chi connectivity index (χ3v) is 3.05. The van der Waals surface area contributed by atoms with E-state index in [0.717, 1.165) is 11.1 Å². The average molecular weight is 239 g/mol. The molecule has 0 aliphatic carbocycles. The van der Waals surface area contributed by atoms with Crippen molar-refractivity contribution in [2.45, 2.75) is 19.3 Å². The summed E-state index contributed by atoms with van der Waals surface area (Å²) in [5.74, 6) is -0.241. The Kier molecular flexibility index (Phi) is 3.74. The summed E-state index contributed by atoms with van der Waals surface area (Å²) >= 11 is 0. The highest BCUT2D eigenvalue weighted by Crippen LogP contribution is 2.28. The molecule has 0 radical (unpaired) electrons. The van der Waals surface area contributed by atoms with Crippen LogP contribution in [0.1, 0.15) is 29.0 Å². The SMILES string of the molecule is Cc1ccc(C(CC#N)c2ccc(F)cc2)cc1. The molecular formula is C16H14FN. The third-order valence-electron chi connectivity index (χ3n) is 3.05. The van der Waals surface area contributed by atoms with Gasteiger partial charge in [-0.05, 0) is 30.2 Å². The van der Waals surface area contributed by atoms with Gasteiger partial charge in [0.15, 0.2) is 0 Å². The molecule has 0 fully saturated rings. The molecule has 1 unspecified atom stereocenters. The number of hydrogen-bond donors (Lipinski definition) is 0. The average Bonchev–Trinajstić information content (AvgIpc) is 2.39. The molecule has 0 amide bonds. The standard InChI is InChI=1S/C16H14FN/c1-12-2-4-13(5-3-12)16(10-11-18)14-6-8-15(17)9-7-14/h2-9,16H,10H2,1H3. The fourth-order valence-electron chi connectivity index (χ4n) is 2.01. The van der Waals surface area contributed by atoms with Crippen molar-refractivity contribution >= 4 is 0 Å². The van der Waals surface area contributed by atoms with Crippen LogP contribution in [0.5, 0.6) is 0 Å². The van der Waals surface area contributed by atoms with Gasteiger partial charge in [-0.15, -0.1) is 0 Å². The maximum absolute atomic E-state index is 12.9. The lowest BCUT2D eigenvalue weighted by atomic mass is 9.88. The minimum atomic E-state index is -0.252. The second-order valence-corrected chi connectivity index (χ2v) is 4.38. The molecule has 18 heavy (non-hydrogen) atoms. The summed E-state index contributed by atoms with van der Waals surface area (Å²) in [4.78, 5) is 0. The van der Waals surface area contributed by atoms with Gasteiger partial charge in [-0.2, -0.15) is 5.26 Å². The van der Waals surface area contributed by atoms with Crippen molar-refractivity contribution in [3.8, 4) is 6.07 Å². The van der Waals surface area contributed by atoms with Crippen molar-refractivity contribution in [2.24, 2.45) is 0 Å². The fourth-order valence-corrected chi connectivity index (χ4v) is 2.01. The predicted octanol–water partition coefficient (Wildman–Crippen LogP) is 4.18. The van der Waals surface area contributed by atoms with E-state index in [1.54, 1.807) is 12.1 Å². The summed E-state index contributed by atoms with van der Waals surface area (Å²) in [6.45, 7) is 2.03. The molecule has 2 rings (SSSR count). The van der Waals surface area contributed by atoms with Crippen LogP contribution in [0.2, 0.25) is 0 Å². The lowest BCUT2D eigenvalue weighted by Crippen LogP contribution is -2.00. The lowest BCUT2D eigenvalue weighted by molar-refractivity contribution is 0.626. The molecule has 2 heteroatoms. The van der Waals surface area contributed by atoms with E-state index in [2.05, 4.69) is 6.07 Å². The van der Waals surface area contributed by atoms with Crippen LogP contribution in [-0.4, -0.2) is 0 Å². The summed E-state index contributed by atoms with van der Waals surface area (Å²) in [6, 6.07) is 16.7. The molecule has 0 heterocycles. The van der Waals surface area contributed by atoms with Crippen molar-refractivity contribution in [1.82, 2.24) is 0 Å². The van der Waals surface area contributed by atoms with Crippen molar-refractivity contribution in [3.63, 3.8) is 0 Å². The van der Waals surface area contributed by atoms with Gasteiger partial charge in [-0.3, -0.25) is 0 Å². The first-order valence-electron chi connectivity index (χ1n) is 5.89. The highest BCUT2D eigenvalue weighted by Gasteiger charge is 2.13. The van der Waals surface area contributed by atoms with Crippen LogP contribution in [-0.2, 0) is 0 Å². The zero-order valence-electron chi connectivity index (χ0n) is 10.2. The number of benzene rings is 2. The van der Waals surface area contributed by atoms with Crippen LogP contribution < -0.4 is 0 Å². The smallest absolute Gasteiger partial charge is 0.123 e. The monoisotopic (exact) mass is 239 g/mol. The Balaban J connectivity index is 2.36. The molecule has 0 saturated carbocycles. The summed E-state index contributed by atoms with van der Waals surface area (Å²) in [5.41, 5.74) is 3.25. The molecule has 2 aromatic rings. The van der Waals surface area contributed by atoms with Gasteiger partial charge in [0, 0.05) is 12.3 Å². The van der Waals surface area contributed by atoms with E-state index in [0.29, 0.717) is 6.42 Å². The first-order valence-corrected chi connectivity index (χ1v) is 5.89. The molecule has 0 aliphatic rings. The summed E-state index contributed by atoms with van der Waals surface area (Å²) in [5, 5.41) is 8.94. The molecule has 1 nitrogen and oxygen atoms in total. The normalized spacial score (nSPS) is 11.8. The molecular weight excluding hydrogens is 225 g/mol. The van der Waals surface area contributed by atoms with Crippen molar-refractivity contribution in [2.75, 3.05) is 0 Å². The van der Waals surface area contributed by atoms with Gasteiger partial charge < -0.3 is 0 Å². The Hall–Kier alpha value is -2.14. The topological polar surface area (TPSA) is 23.8 Å². The molecule has 0 aliphatic heterocycles. The van der Waals surface area contributed by atoms with Crippen LogP contribution >= 0.6 is 0 Å². The minimum Gasteiger partial charge on any atom is -0.207 e. The first kappa shape index (κ1) is 12.3. The van der Waals surface area contributed by atoms with Crippen molar-refractivity contribution in [1.29, 1.82) is 5.26 Å². The summed E-state index contributed by atoms with van der Waals surface area (Å²) in [6.07, 6.45) is 0.398. The summed E-state index contributed by atoms with van der Waals surface area (Å²) < 4.78 is 12.9. The molecule has 0 saturated heterocycles. The van der Waals surface area contributed by atoms with Crippen LogP contribution in [0.15, 0.2) is 48.5 Å². The van der Waals surface area contributed by atoms with E-state index in [1.807, 2.05) is 31.2 Å². The van der Waals surface area contributed by atoms with Crippen LogP contribution in [0, 0.1) is 24.1 Å². The Morgan fingerprint density at radius 3 is 2.00 bits per heavy atom. The van der Waals surface area contributed by atoms with Crippen LogP contribution in [0.3, 0.4) is 0 Å². The van der Waals surface area contributed by atoms with Crippen LogP contribution in [0.25, 0.3) is 0 Å². The Bertz CT molecular complexity index is 504. The molecule has 1 atom stereocenters. The van der Waals surface area contributed by atoms with E-state index >= 15 is 0 Å². The second kappa shape index (κ2) is 5.46. The van der Waals surface area contributed by atoms with E-state index in [1.165, 1.54) is 17.7 Å². The van der Waals surface area contributed by atoms with E-state index < -0.39 is 0 Å². The van der Waals surface area contributed by atoms with Gasteiger partial charge in [0.1, 0.15) is 5.82 Å². The van der Waals surface area contributed by atoms with Crippen molar-refractivity contribution < 1.29 is 4.39 Å². The van der Waals surface area contributed by atoms with Gasteiger partial charge >= 0.3 is 0 Å². The van der Waals surface area contributed by atoms with E-state index in [-0.39, 0.29) is 11.7 Å². The molecule has 0 aromatic heterocycles. The maximum Gasteiger partial charge on any atom is 0.123 e. The van der Waals surface area contributed by atoms with Gasteiger partial charge in [-0.1, -0.05) is 42.0 Å². The second-order valence-electron chi connectivity index (χ2n) is 4.38. The summed E-state index contributed by atoms with van der Waals surface area (Å²) in [7, 11) is 0. The number of rotatable bonds is 3. The van der Waals surface area contributed by atoms with E-state index in [9.17, 15) is 4.39 Å². The zero-order valence-corrected chi connectivity index (χ0v) is 10.2. The molecule has 2 aromatic carbocycles. The highest BCUT2D eigenvalue weighted by molar-refractivity contribution is 5.34. The predicted molar refractivity (Wildman–Crippen MR) is 69.7 cm³/mol. The van der Waals surface area contributed by atoms with Crippen molar-refractivity contribution in [3.05, 3.63) is 71.0 Å². The van der Waals surface area contributed by atoms with E-state index in [4.69, 9.17) is 5.26 Å². The maximum atomic E-state index is 12.9. The van der Waals surface area contributed by atoms with Gasteiger partial charge in [0.05, 0.1) is 6.07 Å². The van der Waals surface area contributed by atoms with Crippen LogP contribution in [0.4, 0.5) is 4.39 Å². The number of hydrogen-bond acceptors (Lipinski definition) is 1. The highest BCUT2D eigenvalue weighted by atomic mass is 19.1. The number of aryl methyl sites for hydroxylation is 1. The Morgan fingerprint density at radius 1 is 1.00 bits per heavy atom. The fraction of sp³-hybridized carbons (Fsp3) is 0.188. The molecule has 90 valence electrons. The number of nitrogens with zero attached hydrogens (tertiary/aromatic N) is 1. The Morgan fingerprint density at radius 2 is 1.50 bits per heavy atom. The first-order chi connectivity index (χ1) is 8.70. The largest absolute Gasteiger partial charge is 0.207 e. The minimum absolute atomic E-state index is 0.0104. The quantitative estimate of drug-likeness (QED) is 0.788. The molecule has 0 spiro atoms. The zero-order chi connectivity index (χ0) is 13.0. The molecule has 0 bridgehead atoms.